The molecule has 1 amide bonds. The first kappa shape index (κ1) is 18.5. The third-order valence-corrected chi connectivity index (χ3v) is 5.86. The molecule has 1 aromatic heterocycles. The lowest BCUT2D eigenvalue weighted by atomic mass is 9.98. The molecule has 30 heavy (non-hydrogen) atoms. The molecule has 2 heterocycles. The highest BCUT2D eigenvalue weighted by atomic mass is 16.1. The van der Waals surface area contributed by atoms with Gasteiger partial charge in [-0.25, -0.2) is 0 Å². The van der Waals surface area contributed by atoms with E-state index in [2.05, 4.69) is 16.3 Å². The predicted molar refractivity (Wildman–Crippen MR) is 117 cm³/mol. The fourth-order valence-corrected chi connectivity index (χ4v) is 4.15. The van der Waals surface area contributed by atoms with Crippen LogP contribution in [-0.2, 0) is 17.8 Å². The number of amides is 1. The van der Waals surface area contributed by atoms with Crippen molar-refractivity contribution in [3.8, 4) is 0 Å². The number of carbonyl (C=O) groups excluding carboxylic acids is 1. The molecule has 5 rings (SSSR count). The van der Waals surface area contributed by atoms with Gasteiger partial charge in [-0.05, 0) is 42.5 Å². The van der Waals surface area contributed by atoms with E-state index in [0.717, 1.165) is 53.6 Å². The van der Waals surface area contributed by atoms with E-state index in [4.69, 9.17) is 15.9 Å². The van der Waals surface area contributed by atoms with Gasteiger partial charge in [-0.1, -0.05) is 30.3 Å². The van der Waals surface area contributed by atoms with Gasteiger partial charge in [-0.3, -0.25) is 15.6 Å². The van der Waals surface area contributed by atoms with E-state index in [-0.39, 0.29) is 17.3 Å². The molecule has 0 saturated heterocycles. The Morgan fingerprint density at radius 3 is 2.63 bits per heavy atom. The summed E-state index contributed by atoms with van der Waals surface area (Å²) in [7, 11) is 0. The molecule has 3 aromatic rings. The summed E-state index contributed by atoms with van der Waals surface area (Å²) in [6.07, 6.45) is 2.88. The van der Waals surface area contributed by atoms with E-state index < -0.39 is 0 Å². The minimum Gasteiger partial charge on any atom is -0.350 e. The predicted octanol–water partition coefficient (Wildman–Crippen LogP) is 3.27. The van der Waals surface area contributed by atoms with Crippen LogP contribution in [0.15, 0.2) is 42.5 Å². The van der Waals surface area contributed by atoms with Crippen LogP contribution < -0.4 is 15.7 Å². The molecule has 1 aliphatic carbocycles. The number of rotatable bonds is 3. The van der Waals surface area contributed by atoms with Gasteiger partial charge in [0.05, 0.1) is 0 Å². The Labute approximate surface area is 174 Å². The van der Waals surface area contributed by atoms with E-state index >= 15 is 0 Å². The maximum Gasteiger partial charge on any atom is 0.221 e. The van der Waals surface area contributed by atoms with E-state index in [1.54, 1.807) is 0 Å². The van der Waals surface area contributed by atoms with Crippen LogP contribution in [-0.4, -0.2) is 28.1 Å². The van der Waals surface area contributed by atoms with E-state index in [9.17, 15) is 4.79 Å². The second-order valence-corrected chi connectivity index (χ2v) is 8.13. The first-order valence-corrected chi connectivity index (χ1v) is 10.3. The first-order chi connectivity index (χ1) is 14.5. The van der Waals surface area contributed by atoms with Crippen LogP contribution in [0.1, 0.15) is 30.9 Å². The monoisotopic (exact) mass is 400 g/mol. The van der Waals surface area contributed by atoms with Crippen molar-refractivity contribution in [3.05, 3.63) is 59.1 Å². The van der Waals surface area contributed by atoms with Gasteiger partial charge in [0.2, 0.25) is 5.91 Å². The summed E-state index contributed by atoms with van der Waals surface area (Å²) in [5.41, 5.74) is 3.52. The number of nitrogens with one attached hydrogen (secondary N) is 3. The number of fused-ring (bicyclic) bond motifs is 2. The number of benzene rings is 2. The second-order valence-electron chi connectivity index (χ2n) is 8.13. The fraction of sp³-hybridized carbons (Fsp3) is 0.304. The van der Waals surface area contributed by atoms with Crippen LogP contribution >= 0.6 is 0 Å². The Kier molecular flexibility index (Phi) is 4.38. The molecule has 7 nitrogen and oxygen atoms in total. The highest BCUT2D eigenvalue weighted by Gasteiger charge is 2.30. The minimum absolute atomic E-state index is 0.0825. The average Bonchev–Trinajstić information content (AvgIpc) is 3.58. The Hall–Kier alpha value is -3.48. The molecule has 1 fully saturated rings. The van der Waals surface area contributed by atoms with E-state index in [1.807, 2.05) is 36.4 Å². The molecule has 0 spiro atoms. The van der Waals surface area contributed by atoms with E-state index in [1.165, 1.54) is 17.2 Å². The maximum absolute atomic E-state index is 11.4. The van der Waals surface area contributed by atoms with Gasteiger partial charge in [0.1, 0.15) is 5.84 Å². The van der Waals surface area contributed by atoms with Crippen LogP contribution in [0.5, 0.6) is 0 Å². The lowest BCUT2D eigenvalue weighted by Gasteiger charge is -2.31. The fourth-order valence-electron chi connectivity index (χ4n) is 4.15. The molecule has 0 bridgehead atoms. The van der Waals surface area contributed by atoms with Crippen LogP contribution in [0.2, 0.25) is 0 Å². The van der Waals surface area contributed by atoms with Crippen molar-refractivity contribution in [2.75, 3.05) is 16.8 Å². The molecule has 0 unspecified atom stereocenters. The number of aromatic nitrogens is 2. The van der Waals surface area contributed by atoms with Gasteiger partial charge in [0.15, 0.2) is 11.3 Å². The maximum atomic E-state index is 11.4. The molecule has 0 atom stereocenters. The van der Waals surface area contributed by atoms with Crippen molar-refractivity contribution in [1.29, 1.82) is 10.8 Å². The van der Waals surface area contributed by atoms with Gasteiger partial charge in [-0.2, -0.15) is 4.68 Å². The highest BCUT2D eigenvalue weighted by Crippen LogP contribution is 2.32. The van der Waals surface area contributed by atoms with Gasteiger partial charge in [-0.15, -0.1) is 5.10 Å². The number of carbonyl (C=O) groups is 1. The average molecular weight is 400 g/mol. The lowest BCUT2D eigenvalue weighted by molar-refractivity contribution is -0.114. The summed E-state index contributed by atoms with van der Waals surface area (Å²) in [6.45, 7) is 3.00. The van der Waals surface area contributed by atoms with Gasteiger partial charge >= 0.3 is 0 Å². The number of hydrogen-bond donors (Lipinski definition) is 3. The molecule has 2 aliphatic rings. The molecule has 1 aliphatic heterocycles. The Bertz CT molecular complexity index is 1240. The molecular formula is C23H24N6O. The zero-order valence-corrected chi connectivity index (χ0v) is 16.9. The van der Waals surface area contributed by atoms with Crippen molar-refractivity contribution in [2.24, 2.45) is 5.92 Å². The molecular weight excluding hydrogens is 376 g/mol. The van der Waals surface area contributed by atoms with E-state index in [0.29, 0.717) is 12.4 Å². The van der Waals surface area contributed by atoms with Crippen molar-refractivity contribution >= 4 is 34.0 Å². The van der Waals surface area contributed by atoms with Gasteiger partial charge < -0.3 is 10.2 Å². The number of anilines is 2. The molecule has 7 heteroatoms. The minimum atomic E-state index is -0.0825. The normalized spacial score (nSPS) is 15.7. The van der Waals surface area contributed by atoms with Crippen molar-refractivity contribution < 1.29 is 4.79 Å². The third kappa shape index (κ3) is 3.26. The first-order valence-electron chi connectivity index (χ1n) is 10.3. The smallest absolute Gasteiger partial charge is 0.221 e. The number of hydrogen-bond acceptors (Lipinski definition) is 5. The molecule has 3 N–H and O–H groups in total. The van der Waals surface area contributed by atoms with Crippen molar-refractivity contribution in [3.63, 3.8) is 0 Å². The topological polar surface area (TPSA) is 97.9 Å². The molecule has 2 aromatic carbocycles. The highest BCUT2D eigenvalue weighted by molar-refractivity contribution is 5.94. The zero-order valence-electron chi connectivity index (χ0n) is 16.9. The standard InChI is InChI=1S/C23H24N6O/c1-14(30)26-18-9-8-15-10-11-28(13-17(15)12-18)23-20-5-3-2-4-19(20)22(25)29(27-23)21(24)16-6-7-16/h2-5,8-9,12,16,24-25H,6-7,10-11,13H2,1H3,(H,26,30). The third-order valence-electron chi connectivity index (χ3n) is 5.86. The molecule has 0 radical (unpaired) electrons. The van der Waals surface area contributed by atoms with Crippen LogP contribution in [0.25, 0.3) is 10.8 Å². The van der Waals surface area contributed by atoms with Gasteiger partial charge in [0.25, 0.3) is 0 Å². The quantitative estimate of drug-likeness (QED) is 0.465. The Morgan fingerprint density at radius 2 is 1.90 bits per heavy atom. The van der Waals surface area contributed by atoms with Crippen molar-refractivity contribution in [2.45, 2.75) is 32.7 Å². The number of nitrogens with zero attached hydrogens (tertiary/aromatic N) is 3. The lowest BCUT2D eigenvalue weighted by Crippen LogP contribution is -2.36. The van der Waals surface area contributed by atoms with Crippen LogP contribution in [0, 0.1) is 16.7 Å². The summed E-state index contributed by atoms with van der Waals surface area (Å²) < 4.78 is 1.51. The SMILES string of the molecule is CC(=O)Nc1ccc2c(c1)CN(c1nn(C(=N)C3CC3)c(=N)c3ccccc13)CC2. The Morgan fingerprint density at radius 1 is 1.13 bits per heavy atom. The largest absolute Gasteiger partial charge is 0.350 e. The van der Waals surface area contributed by atoms with Crippen molar-refractivity contribution in [1.82, 2.24) is 9.78 Å². The van der Waals surface area contributed by atoms with Crippen LogP contribution in [0.4, 0.5) is 11.5 Å². The second kappa shape index (κ2) is 7.09. The van der Waals surface area contributed by atoms with Crippen LogP contribution in [0.3, 0.4) is 0 Å². The summed E-state index contributed by atoms with van der Waals surface area (Å²) in [5.74, 6) is 1.35. The zero-order chi connectivity index (χ0) is 20.8. The van der Waals surface area contributed by atoms with Gasteiger partial charge in [0, 0.05) is 42.4 Å². The summed E-state index contributed by atoms with van der Waals surface area (Å²) in [4.78, 5) is 13.7. The summed E-state index contributed by atoms with van der Waals surface area (Å²) >= 11 is 0. The molecule has 152 valence electrons. The summed E-state index contributed by atoms with van der Waals surface area (Å²) in [5, 5.41) is 26.5. The summed E-state index contributed by atoms with van der Waals surface area (Å²) in [6, 6.07) is 13.9. The Balaban J connectivity index is 1.58. The molecule has 1 saturated carbocycles.